The number of carboxylic acid groups (broad SMARTS) is 1. The molecule has 0 spiro atoms. The Bertz CT molecular complexity index is 342. The van der Waals surface area contributed by atoms with Crippen molar-refractivity contribution in [2.45, 2.75) is 38.5 Å². The highest BCUT2D eigenvalue weighted by molar-refractivity contribution is 5.94. The molecule has 0 aromatic carbocycles. The summed E-state index contributed by atoms with van der Waals surface area (Å²) in [4.78, 5) is 32.8. The number of rotatable bonds is 10. The van der Waals surface area contributed by atoms with Crippen molar-refractivity contribution in [2.75, 3.05) is 19.8 Å². The van der Waals surface area contributed by atoms with Gasteiger partial charge in [0.25, 0.3) is 0 Å². The average Bonchev–Trinajstić information content (AvgIpc) is 3.17. The second kappa shape index (κ2) is 9.30. The van der Waals surface area contributed by atoms with Crippen molar-refractivity contribution in [3.05, 3.63) is 0 Å². The zero-order valence-corrected chi connectivity index (χ0v) is 11.5. The minimum Gasteiger partial charge on any atom is -0.481 e. The molecule has 114 valence electrons. The van der Waals surface area contributed by atoms with Crippen molar-refractivity contribution < 1.29 is 24.2 Å². The molecule has 0 aromatic rings. The van der Waals surface area contributed by atoms with Crippen LogP contribution in [0.5, 0.6) is 0 Å². The molecule has 0 atom stereocenters. The number of carboxylic acids is 1. The minimum atomic E-state index is -0.951. The lowest BCUT2D eigenvalue weighted by molar-refractivity contribution is -0.137. The molecule has 7 heteroatoms. The van der Waals surface area contributed by atoms with Crippen molar-refractivity contribution in [1.82, 2.24) is 10.6 Å². The van der Waals surface area contributed by atoms with Crippen LogP contribution in [0.2, 0.25) is 0 Å². The van der Waals surface area contributed by atoms with Gasteiger partial charge in [-0.3, -0.25) is 14.9 Å². The van der Waals surface area contributed by atoms with Gasteiger partial charge in [0, 0.05) is 32.6 Å². The van der Waals surface area contributed by atoms with Crippen LogP contribution in [0.1, 0.15) is 38.5 Å². The van der Waals surface area contributed by atoms with Crippen molar-refractivity contribution in [1.29, 1.82) is 0 Å². The van der Waals surface area contributed by atoms with Gasteiger partial charge in [-0.15, -0.1) is 0 Å². The average molecular weight is 286 g/mol. The maximum absolute atomic E-state index is 11.3. The van der Waals surface area contributed by atoms with Crippen LogP contribution in [0.4, 0.5) is 4.79 Å². The number of nitrogens with one attached hydrogen (secondary N) is 2. The normalized spacial score (nSPS) is 13.8. The van der Waals surface area contributed by atoms with E-state index in [1.165, 1.54) is 12.8 Å². The molecule has 7 nitrogen and oxygen atoms in total. The fraction of sp³-hybridized carbons (Fsp3) is 0.769. The van der Waals surface area contributed by atoms with E-state index >= 15 is 0 Å². The maximum atomic E-state index is 11.3. The predicted molar refractivity (Wildman–Crippen MR) is 71.2 cm³/mol. The van der Waals surface area contributed by atoms with E-state index in [-0.39, 0.29) is 19.3 Å². The van der Waals surface area contributed by atoms with Crippen LogP contribution in [0.25, 0.3) is 0 Å². The SMILES string of the molecule is O=C(O)CCCC(=O)NC(=O)NCCCOCC1CC1. The highest BCUT2D eigenvalue weighted by Gasteiger charge is 2.20. The number of carbonyl (C=O) groups excluding carboxylic acids is 2. The van der Waals surface area contributed by atoms with E-state index in [2.05, 4.69) is 10.6 Å². The number of amides is 3. The van der Waals surface area contributed by atoms with Gasteiger partial charge in [-0.1, -0.05) is 0 Å². The standard InChI is InChI=1S/C13H22N2O5/c16-11(3-1-4-12(17)18)15-13(19)14-7-2-8-20-9-10-5-6-10/h10H,1-9H2,(H,17,18)(H2,14,15,16,19). The first-order valence-electron chi connectivity index (χ1n) is 6.95. The lowest BCUT2D eigenvalue weighted by Gasteiger charge is -2.07. The van der Waals surface area contributed by atoms with Crippen LogP contribution in [-0.4, -0.2) is 42.8 Å². The molecule has 1 rings (SSSR count). The van der Waals surface area contributed by atoms with Crippen LogP contribution in [0.15, 0.2) is 0 Å². The molecule has 0 aromatic heterocycles. The number of urea groups is 1. The minimum absolute atomic E-state index is 0.0320. The van der Waals surface area contributed by atoms with Gasteiger partial charge >= 0.3 is 12.0 Å². The molecular weight excluding hydrogens is 264 g/mol. The van der Waals surface area contributed by atoms with E-state index in [1.807, 2.05) is 0 Å². The van der Waals surface area contributed by atoms with Gasteiger partial charge < -0.3 is 15.2 Å². The predicted octanol–water partition coefficient (Wildman–Crippen LogP) is 0.884. The van der Waals surface area contributed by atoms with Gasteiger partial charge in [0.1, 0.15) is 0 Å². The Morgan fingerprint density at radius 1 is 1.15 bits per heavy atom. The summed E-state index contributed by atoms with van der Waals surface area (Å²) >= 11 is 0. The fourth-order valence-electron chi connectivity index (χ4n) is 1.54. The Kier molecular flexibility index (Phi) is 7.64. The van der Waals surface area contributed by atoms with E-state index in [0.29, 0.717) is 19.6 Å². The summed E-state index contributed by atoms with van der Waals surface area (Å²) in [6.45, 7) is 1.84. The third-order valence-electron chi connectivity index (χ3n) is 2.85. The Labute approximate surface area is 118 Å². The Morgan fingerprint density at radius 3 is 2.55 bits per heavy atom. The molecule has 3 amide bonds. The summed E-state index contributed by atoms with van der Waals surface area (Å²) in [6, 6.07) is -0.549. The van der Waals surface area contributed by atoms with Gasteiger partial charge in [0.05, 0.1) is 0 Å². The smallest absolute Gasteiger partial charge is 0.321 e. The third-order valence-corrected chi connectivity index (χ3v) is 2.85. The first kappa shape index (κ1) is 16.4. The molecule has 0 radical (unpaired) electrons. The zero-order valence-electron chi connectivity index (χ0n) is 11.5. The van der Waals surface area contributed by atoms with Crippen molar-refractivity contribution in [3.8, 4) is 0 Å². The molecule has 1 aliphatic rings. The van der Waals surface area contributed by atoms with E-state index in [1.54, 1.807) is 0 Å². The third kappa shape index (κ3) is 9.32. The van der Waals surface area contributed by atoms with Gasteiger partial charge in [0.2, 0.25) is 5.91 Å². The van der Waals surface area contributed by atoms with Gasteiger partial charge in [0.15, 0.2) is 0 Å². The Morgan fingerprint density at radius 2 is 1.90 bits per heavy atom. The first-order chi connectivity index (χ1) is 9.58. The summed E-state index contributed by atoms with van der Waals surface area (Å²) in [5.74, 6) is -0.683. The molecule has 1 saturated carbocycles. The summed E-state index contributed by atoms with van der Waals surface area (Å²) < 4.78 is 5.40. The Balaban J connectivity index is 1.90. The van der Waals surface area contributed by atoms with Gasteiger partial charge in [-0.05, 0) is 31.6 Å². The molecule has 0 bridgehead atoms. The van der Waals surface area contributed by atoms with E-state index in [0.717, 1.165) is 12.5 Å². The number of hydrogen-bond donors (Lipinski definition) is 3. The highest BCUT2D eigenvalue weighted by atomic mass is 16.5. The molecule has 3 N–H and O–H groups in total. The first-order valence-corrected chi connectivity index (χ1v) is 6.95. The van der Waals surface area contributed by atoms with Crippen LogP contribution >= 0.6 is 0 Å². The molecule has 0 aliphatic heterocycles. The molecule has 20 heavy (non-hydrogen) atoms. The molecule has 0 saturated heterocycles. The number of imide groups is 1. The zero-order chi connectivity index (χ0) is 14.8. The van der Waals surface area contributed by atoms with E-state index < -0.39 is 17.9 Å². The van der Waals surface area contributed by atoms with E-state index in [9.17, 15) is 14.4 Å². The molecule has 0 unspecified atom stereocenters. The molecule has 0 heterocycles. The summed E-state index contributed by atoms with van der Waals surface area (Å²) in [6.07, 6.45) is 3.39. The second-order valence-electron chi connectivity index (χ2n) is 4.92. The molecular formula is C13H22N2O5. The van der Waals surface area contributed by atoms with E-state index in [4.69, 9.17) is 9.84 Å². The monoisotopic (exact) mass is 286 g/mol. The van der Waals surface area contributed by atoms with Gasteiger partial charge in [-0.25, -0.2) is 4.79 Å². The fourth-order valence-corrected chi connectivity index (χ4v) is 1.54. The van der Waals surface area contributed by atoms with Crippen molar-refractivity contribution in [2.24, 2.45) is 5.92 Å². The second-order valence-corrected chi connectivity index (χ2v) is 4.92. The topological polar surface area (TPSA) is 105 Å². The molecule has 1 aliphatic carbocycles. The highest BCUT2D eigenvalue weighted by Crippen LogP contribution is 2.28. The van der Waals surface area contributed by atoms with Crippen LogP contribution in [0.3, 0.4) is 0 Å². The molecule has 1 fully saturated rings. The maximum Gasteiger partial charge on any atom is 0.321 e. The summed E-state index contributed by atoms with van der Waals surface area (Å²) in [7, 11) is 0. The lowest BCUT2D eigenvalue weighted by atomic mass is 10.2. The van der Waals surface area contributed by atoms with Gasteiger partial charge in [-0.2, -0.15) is 0 Å². The van der Waals surface area contributed by atoms with Crippen LogP contribution in [0, 0.1) is 5.92 Å². The Hall–Kier alpha value is -1.63. The van der Waals surface area contributed by atoms with Crippen LogP contribution < -0.4 is 10.6 Å². The number of carbonyl (C=O) groups is 3. The number of ether oxygens (including phenoxy) is 1. The summed E-state index contributed by atoms with van der Waals surface area (Å²) in [5.41, 5.74) is 0. The number of hydrogen-bond acceptors (Lipinski definition) is 4. The van der Waals surface area contributed by atoms with Crippen molar-refractivity contribution >= 4 is 17.9 Å². The summed E-state index contributed by atoms with van der Waals surface area (Å²) in [5, 5.41) is 13.1. The number of aliphatic carboxylic acids is 1. The van der Waals surface area contributed by atoms with Crippen molar-refractivity contribution in [3.63, 3.8) is 0 Å². The quantitative estimate of drug-likeness (QED) is 0.517. The lowest BCUT2D eigenvalue weighted by Crippen LogP contribution is -2.40. The largest absolute Gasteiger partial charge is 0.481 e. The van der Waals surface area contributed by atoms with Crippen LogP contribution in [-0.2, 0) is 14.3 Å².